The number of allylic oxidation sites excluding steroid dienone is 2. The Kier molecular flexibility index (Phi) is 1.53. The molecule has 2 saturated carbocycles. The van der Waals surface area contributed by atoms with Gasteiger partial charge in [-0.3, -0.25) is 4.79 Å². The normalized spacial score (nSPS) is 50.9. The molecular weight excluding hydrogens is 184 g/mol. The molecule has 3 aliphatic carbocycles. The van der Waals surface area contributed by atoms with E-state index in [2.05, 4.69) is 32.9 Å². The zero-order valence-corrected chi connectivity index (χ0v) is 9.97. The van der Waals surface area contributed by atoms with E-state index in [1.165, 1.54) is 6.42 Å². The van der Waals surface area contributed by atoms with Gasteiger partial charge in [0, 0.05) is 6.42 Å². The molecule has 1 unspecified atom stereocenters. The second-order valence-corrected chi connectivity index (χ2v) is 6.72. The molecular formula is C14H20O. The fourth-order valence-electron chi connectivity index (χ4n) is 5.10. The predicted molar refractivity (Wildman–Crippen MR) is 60.4 cm³/mol. The molecule has 3 atom stereocenters. The molecule has 0 bridgehead atoms. The fourth-order valence-corrected chi connectivity index (χ4v) is 5.10. The lowest BCUT2D eigenvalue weighted by Crippen LogP contribution is -2.38. The van der Waals surface area contributed by atoms with Crippen LogP contribution in [0.15, 0.2) is 12.2 Å². The molecule has 0 aromatic heterocycles. The Labute approximate surface area is 91.9 Å². The average molecular weight is 204 g/mol. The van der Waals surface area contributed by atoms with E-state index >= 15 is 0 Å². The molecule has 0 radical (unpaired) electrons. The highest BCUT2D eigenvalue weighted by molar-refractivity contribution is 5.91. The molecule has 0 saturated heterocycles. The van der Waals surface area contributed by atoms with Crippen molar-refractivity contribution in [3.8, 4) is 0 Å². The molecule has 0 heterocycles. The molecule has 0 aliphatic heterocycles. The number of rotatable bonds is 0. The Morgan fingerprint density at radius 3 is 2.80 bits per heavy atom. The van der Waals surface area contributed by atoms with Crippen molar-refractivity contribution in [2.24, 2.45) is 22.2 Å². The summed E-state index contributed by atoms with van der Waals surface area (Å²) in [5, 5.41) is 0. The Morgan fingerprint density at radius 2 is 2.07 bits per heavy atom. The van der Waals surface area contributed by atoms with Crippen molar-refractivity contribution in [1.82, 2.24) is 0 Å². The van der Waals surface area contributed by atoms with E-state index in [0.29, 0.717) is 17.1 Å². The van der Waals surface area contributed by atoms with Crippen molar-refractivity contribution in [3.05, 3.63) is 12.2 Å². The molecule has 1 spiro atoms. The highest BCUT2D eigenvalue weighted by Gasteiger charge is 2.69. The van der Waals surface area contributed by atoms with Crippen LogP contribution in [0.2, 0.25) is 0 Å². The molecule has 82 valence electrons. The molecule has 3 rings (SSSR count). The van der Waals surface area contributed by atoms with Crippen molar-refractivity contribution in [2.45, 2.75) is 46.5 Å². The molecule has 2 fully saturated rings. The minimum absolute atomic E-state index is 0.0729. The first-order valence-corrected chi connectivity index (χ1v) is 6.13. The van der Waals surface area contributed by atoms with Crippen LogP contribution in [-0.4, -0.2) is 5.78 Å². The van der Waals surface area contributed by atoms with Gasteiger partial charge in [-0.2, -0.15) is 0 Å². The summed E-state index contributed by atoms with van der Waals surface area (Å²) in [4.78, 5) is 12.3. The van der Waals surface area contributed by atoms with Crippen molar-refractivity contribution in [1.29, 1.82) is 0 Å². The number of carbonyl (C=O) groups is 1. The van der Waals surface area contributed by atoms with Crippen LogP contribution < -0.4 is 0 Å². The van der Waals surface area contributed by atoms with Gasteiger partial charge in [-0.25, -0.2) is 0 Å². The van der Waals surface area contributed by atoms with Gasteiger partial charge in [0.15, 0.2) is 0 Å². The lowest BCUT2D eigenvalue weighted by Gasteiger charge is -2.36. The summed E-state index contributed by atoms with van der Waals surface area (Å²) in [6.45, 7) is 7.04. The van der Waals surface area contributed by atoms with Crippen molar-refractivity contribution < 1.29 is 4.79 Å². The summed E-state index contributed by atoms with van der Waals surface area (Å²) >= 11 is 0. The number of Topliss-reactive ketones (excluding diaryl/α,β-unsaturated/α-hetero) is 1. The van der Waals surface area contributed by atoms with E-state index in [1.54, 1.807) is 0 Å². The molecule has 0 aromatic rings. The van der Waals surface area contributed by atoms with Gasteiger partial charge in [0.05, 0.1) is 5.41 Å². The van der Waals surface area contributed by atoms with Crippen LogP contribution in [0.4, 0.5) is 0 Å². The third-order valence-corrected chi connectivity index (χ3v) is 5.41. The van der Waals surface area contributed by atoms with Crippen molar-refractivity contribution >= 4 is 5.78 Å². The zero-order chi connectivity index (χ0) is 10.9. The molecule has 0 amide bonds. The van der Waals surface area contributed by atoms with Crippen LogP contribution in [0.3, 0.4) is 0 Å². The number of carbonyl (C=O) groups excluding carboxylic acids is 1. The first kappa shape index (κ1) is 9.62. The van der Waals surface area contributed by atoms with E-state index in [-0.39, 0.29) is 10.8 Å². The second-order valence-electron chi connectivity index (χ2n) is 6.72. The molecule has 0 aromatic carbocycles. The molecule has 0 N–H and O–H groups in total. The maximum atomic E-state index is 12.3. The molecule has 3 aliphatic rings. The summed E-state index contributed by atoms with van der Waals surface area (Å²) < 4.78 is 0. The zero-order valence-electron chi connectivity index (χ0n) is 9.97. The third-order valence-electron chi connectivity index (χ3n) is 5.41. The fraction of sp³-hybridized carbons (Fsp3) is 0.786. The first-order valence-electron chi connectivity index (χ1n) is 6.13. The largest absolute Gasteiger partial charge is 0.299 e. The minimum atomic E-state index is -0.0729. The van der Waals surface area contributed by atoms with Gasteiger partial charge in [-0.05, 0) is 36.0 Å². The average Bonchev–Trinajstić information content (AvgIpc) is 2.62. The maximum absolute atomic E-state index is 12.3. The van der Waals surface area contributed by atoms with E-state index < -0.39 is 0 Å². The second kappa shape index (κ2) is 2.39. The van der Waals surface area contributed by atoms with Crippen LogP contribution in [0, 0.1) is 22.2 Å². The summed E-state index contributed by atoms with van der Waals surface area (Å²) in [5.74, 6) is 1.12. The first-order chi connectivity index (χ1) is 6.92. The van der Waals surface area contributed by atoms with Crippen LogP contribution in [0.1, 0.15) is 46.5 Å². The Bertz CT molecular complexity index is 366. The van der Waals surface area contributed by atoms with Crippen LogP contribution in [0.5, 0.6) is 0 Å². The van der Waals surface area contributed by atoms with Gasteiger partial charge in [0.2, 0.25) is 0 Å². The van der Waals surface area contributed by atoms with E-state index in [1.807, 2.05) is 0 Å². The van der Waals surface area contributed by atoms with Crippen molar-refractivity contribution in [2.75, 3.05) is 0 Å². The SMILES string of the molecule is CC1(C)C[C@@]2(C)CC=CC23C(=O)CC[C@H]13. The molecule has 1 nitrogen and oxygen atoms in total. The number of ketones is 1. The quantitative estimate of drug-likeness (QED) is 0.553. The Balaban J connectivity index is 2.20. The van der Waals surface area contributed by atoms with E-state index in [4.69, 9.17) is 0 Å². The molecule has 15 heavy (non-hydrogen) atoms. The standard InChI is InChI=1S/C14H20O/c1-12(2)9-13(3)7-4-8-14(13)10(12)5-6-11(14)15/h4,8,10H,5-7,9H2,1-3H3/t10-,13-,14?/m1/s1. The monoisotopic (exact) mass is 204 g/mol. The van der Waals surface area contributed by atoms with Gasteiger partial charge < -0.3 is 0 Å². The predicted octanol–water partition coefficient (Wildman–Crippen LogP) is 3.35. The minimum Gasteiger partial charge on any atom is -0.299 e. The van der Waals surface area contributed by atoms with Gasteiger partial charge in [0.25, 0.3) is 0 Å². The van der Waals surface area contributed by atoms with Crippen LogP contribution in [0.25, 0.3) is 0 Å². The Hall–Kier alpha value is -0.590. The smallest absolute Gasteiger partial charge is 0.143 e. The van der Waals surface area contributed by atoms with Crippen LogP contribution >= 0.6 is 0 Å². The lowest BCUT2D eigenvalue weighted by molar-refractivity contribution is -0.128. The Morgan fingerprint density at radius 1 is 1.33 bits per heavy atom. The summed E-state index contributed by atoms with van der Waals surface area (Å²) in [6, 6.07) is 0. The van der Waals surface area contributed by atoms with Gasteiger partial charge in [-0.1, -0.05) is 32.9 Å². The number of hydrogen-bond acceptors (Lipinski definition) is 1. The topological polar surface area (TPSA) is 17.1 Å². The van der Waals surface area contributed by atoms with E-state index in [0.717, 1.165) is 19.3 Å². The van der Waals surface area contributed by atoms with Crippen molar-refractivity contribution in [3.63, 3.8) is 0 Å². The summed E-state index contributed by atoms with van der Waals surface area (Å²) in [6.07, 6.45) is 8.77. The van der Waals surface area contributed by atoms with Gasteiger partial charge in [0.1, 0.15) is 5.78 Å². The maximum Gasteiger partial charge on any atom is 0.143 e. The van der Waals surface area contributed by atoms with E-state index in [9.17, 15) is 4.79 Å². The van der Waals surface area contributed by atoms with Gasteiger partial charge >= 0.3 is 0 Å². The highest BCUT2D eigenvalue weighted by Crippen LogP contribution is 2.72. The highest BCUT2D eigenvalue weighted by atomic mass is 16.1. The number of hydrogen-bond donors (Lipinski definition) is 0. The molecule has 1 heteroatoms. The summed E-state index contributed by atoms with van der Waals surface area (Å²) in [7, 11) is 0. The van der Waals surface area contributed by atoms with Gasteiger partial charge in [-0.15, -0.1) is 0 Å². The summed E-state index contributed by atoms with van der Waals surface area (Å²) in [5.41, 5.74) is 0.511. The lowest BCUT2D eigenvalue weighted by atomic mass is 9.65. The van der Waals surface area contributed by atoms with Crippen LogP contribution in [-0.2, 0) is 4.79 Å². The third kappa shape index (κ3) is 0.847.